The lowest BCUT2D eigenvalue weighted by Crippen LogP contribution is -2.14. The van der Waals surface area contributed by atoms with Crippen molar-refractivity contribution in [3.63, 3.8) is 0 Å². The van der Waals surface area contributed by atoms with Crippen LogP contribution in [0.15, 0.2) is 55.0 Å². The molecule has 1 atom stereocenters. The van der Waals surface area contributed by atoms with Crippen LogP contribution in [0.25, 0.3) is 10.8 Å². The molecule has 5 rings (SSSR count). The van der Waals surface area contributed by atoms with E-state index in [1.54, 1.807) is 30.1 Å². The predicted molar refractivity (Wildman–Crippen MR) is 145 cm³/mol. The molecule has 7 nitrogen and oxygen atoms in total. The molecule has 1 unspecified atom stereocenters. The third-order valence-corrected chi connectivity index (χ3v) is 7.26. The number of halogens is 2. The highest BCUT2D eigenvalue weighted by atomic mass is 35.5. The summed E-state index contributed by atoms with van der Waals surface area (Å²) in [7, 11) is 1.59. The number of hydrogen-bond acceptors (Lipinski definition) is 5. The SMILES string of the molecule is CCOc1cc(C(Cc2c(Cl)cncc2Cl)n2cc3cccc(NC(=O)C4CC4)c3c2O)ccc1OC. The number of benzene rings is 2. The molecule has 9 heteroatoms. The minimum atomic E-state index is -0.415. The number of ether oxygens (including phenoxy) is 2. The van der Waals surface area contributed by atoms with Gasteiger partial charge in [-0.1, -0.05) is 41.4 Å². The average Bonchev–Trinajstić information content (AvgIpc) is 3.68. The van der Waals surface area contributed by atoms with E-state index in [0.717, 1.165) is 23.8 Å². The summed E-state index contributed by atoms with van der Waals surface area (Å²) < 4.78 is 13.1. The second-order valence-corrected chi connectivity index (χ2v) is 9.85. The number of amides is 1. The minimum absolute atomic E-state index is 0.0249. The number of methoxy groups -OCH3 is 1. The predicted octanol–water partition coefficient (Wildman–Crippen LogP) is 6.64. The van der Waals surface area contributed by atoms with Gasteiger partial charge in [0.05, 0.1) is 40.9 Å². The van der Waals surface area contributed by atoms with E-state index < -0.39 is 6.04 Å². The molecule has 1 aliphatic carbocycles. The van der Waals surface area contributed by atoms with Crippen LogP contribution >= 0.6 is 23.2 Å². The summed E-state index contributed by atoms with van der Waals surface area (Å²) in [6.07, 6.45) is 7.13. The van der Waals surface area contributed by atoms with Crippen LogP contribution in [0.2, 0.25) is 10.0 Å². The Morgan fingerprint density at radius 3 is 2.62 bits per heavy atom. The van der Waals surface area contributed by atoms with Crippen LogP contribution in [0, 0.1) is 5.92 Å². The number of pyridine rings is 1. The molecule has 2 heterocycles. The van der Waals surface area contributed by atoms with Gasteiger partial charge in [-0.3, -0.25) is 9.78 Å². The molecule has 1 fully saturated rings. The van der Waals surface area contributed by atoms with Crippen LogP contribution in [-0.2, 0) is 11.2 Å². The van der Waals surface area contributed by atoms with Crippen LogP contribution in [-0.4, -0.2) is 34.3 Å². The fraction of sp³-hybridized carbons (Fsp3) is 0.286. The molecule has 0 saturated heterocycles. The monoisotopic (exact) mass is 539 g/mol. The number of carbonyl (C=O) groups is 1. The lowest BCUT2D eigenvalue weighted by atomic mass is 9.98. The van der Waals surface area contributed by atoms with Crippen LogP contribution in [0.3, 0.4) is 0 Å². The van der Waals surface area contributed by atoms with Gasteiger partial charge in [0.2, 0.25) is 11.8 Å². The van der Waals surface area contributed by atoms with Gasteiger partial charge in [-0.2, -0.15) is 0 Å². The second kappa shape index (κ2) is 10.5. The molecule has 37 heavy (non-hydrogen) atoms. The van der Waals surface area contributed by atoms with Gasteiger partial charge < -0.3 is 24.5 Å². The molecule has 2 aromatic carbocycles. The van der Waals surface area contributed by atoms with Gasteiger partial charge in [0.25, 0.3) is 0 Å². The Hall–Kier alpha value is -3.42. The lowest BCUT2D eigenvalue weighted by molar-refractivity contribution is -0.117. The number of fused-ring (bicyclic) bond motifs is 1. The maximum Gasteiger partial charge on any atom is 0.227 e. The molecule has 0 aliphatic heterocycles. The van der Waals surface area contributed by atoms with E-state index in [-0.39, 0.29) is 17.7 Å². The highest BCUT2D eigenvalue weighted by Crippen LogP contribution is 2.42. The first-order valence-corrected chi connectivity index (χ1v) is 12.9. The Labute approximate surface area is 224 Å². The molecule has 0 bridgehead atoms. The van der Waals surface area contributed by atoms with E-state index in [1.165, 1.54) is 0 Å². The number of hydrogen-bond donors (Lipinski definition) is 2. The molecule has 1 aliphatic rings. The van der Waals surface area contributed by atoms with Crippen molar-refractivity contribution in [3.8, 4) is 17.4 Å². The standard InChI is InChI=1S/C28H27Cl2N3O4/c1-3-37-25-11-17(9-10-24(25)36-2)23(12-19-20(29)13-31-14-21(19)30)33-15-18-5-4-6-22(26(18)28(33)35)32-27(34)16-7-8-16/h4-6,9-11,13-16,23,35H,3,7-8,12H2,1-2H3,(H,32,34). The van der Waals surface area contributed by atoms with Gasteiger partial charge in [-0.25, -0.2) is 0 Å². The van der Waals surface area contributed by atoms with E-state index in [4.69, 9.17) is 32.7 Å². The molecular weight excluding hydrogens is 513 g/mol. The summed E-state index contributed by atoms with van der Waals surface area (Å²) in [5, 5.41) is 16.8. The summed E-state index contributed by atoms with van der Waals surface area (Å²) >= 11 is 13.0. The first-order valence-electron chi connectivity index (χ1n) is 12.1. The van der Waals surface area contributed by atoms with Crippen molar-refractivity contribution in [1.82, 2.24) is 9.55 Å². The molecule has 1 amide bonds. The Kier molecular flexibility index (Phi) is 7.17. The Morgan fingerprint density at radius 2 is 1.95 bits per heavy atom. The highest BCUT2D eigenvalue weighted by Gasteiger charge is 2.30. The average molecular weight is 540 g/mol. The molecule has 0 radical (unpaired) electrons. The van der Waals surface area contributed by atoms with Crippen molar-refractivity contribution < 1.29 is 19.4 Å². The van der Waals surface area contributed by atoms with E-state index in [2.05, 4.69) is 10.3 Å². The molecule has 4 aromatic rings. The van der Waals surface area contributed by atoms with Crippen LogP contribution in [0.4, 0.5) is 5.69 Å². The maximum atomic E-state index is 12.5. The number of nitrogens with zero attached hydrogens (tertiary/aromatic N) is 2. The van der Waals surface area contributed by atoms with Gasteiger partial charge in [0.1, 0.15) is 0 Å². The molecule has 192 valence electrons. The summed E-state index contributed by atoms with van der Waals surface area (Å²) in [6, 6.07) is 10.8. The fourth-order valence-electron chi connectivity index (χ4n) is 4.56. The van der Waals surface area contributed by atoms with Gasteiger partial charge >= 0.3 is 0 Å². The Balaban J connectivity index is 1.65. The van der Waals surface area contributed by atoms with Crippen molar-refractivity contribution >= 4 is 45.6 Å². The van der Waals surface area contributed by atoms with Crippen LogP contribution in [0.1, 0.15) is 36.9 Å². The van der Waals surface area contributed by atoms with E-state index in [9.17, 15) is 9.90 Å². The Morgan fingerprint density at radius 1 is 1.19 bits per heavy atom. The van der Waals surface area contributed by atoms with Crippen molar-refractivity contribution in [3.05, 3.63) is 76.2 Å². The molecule has 2 N–H and O–H groups in total. The third kappa shape index (κ3) is 5.06. The van der Waals surface area contributed by atoms with E-state index in [1.807, 2.05) is 43.5 Å². The number of aromatic hydroxyl groups is 1. The van der Waals surface area contributed by atoms with Crippen molar-refractivity contribution in [1.29, 1.82) is 0 Å². The van der Waals surface area contributed by atoms with Crippen molar-refractivity contribution in [2.75, 3.05) is 19.0 Å². The smallest absolute Gasteiger partial charge is 0.227 e. The quantitative estimate of drug-likeness (QED) is 0.249. The molecule has 0 spiro atoms. The summed E-state index contributed by atoms with van der Waals surface area (Å²) in [5.74, 6) is 1.24. The van der Waals surface area contributed by atoms with E-state index >= 15 is 0 Å². The largest absolute Gasteiger partial charge is 0.494 e. The van der Waals surface area contributed by atoms with Crippen molar-refractivity contribution in [2.24, 2.45) is 5.92 Å². The summed E-state index contributed by atoms with van der Waals surface area (Å²) in [6.45, 7) is 2.37. The van der Waals surface area contributed by atoms with Crippen LogP contribution in [0.5, 0.6) is 17.4 Å². The highest BCUT2D eigenvalue weighted by molar-refractivity contribution is 6.35. The zero-order chi connectivity index (χ0) is 26.1. The van der Waals surface area contributed by atoms with Gasteiger partial charge in [0.15, 0.2) is 11.5 Å². The third-order valence-electron chi connectivity index (χ3n) is 6.61. The summed E-state index contributed by atoms with van der Waals surface area (Å²) in [4.78, 5) is 16.6. The number of carbonyl (C=O) groups excluding carboxylic acids is 1. The van der Waals surface area contributed by atoms with E-state index in [0.29, 0.717) is 51.2 Å². The zero-order valence-corrected chi connectivity index (χ0v) is 22.0. The Bertz CT molecular complexity index is 1450. The molecule has 1 saturated carbocycles. The van der Waals surface area contributed by atoms with Gasteiger partial charge in [-0.15, -0.1) is 0 Å². The first-order chi connectivity index (χ1) is 17.9. The number of anilines is 1. The number of rotatable bonds is 9. The zero-order valence-electron chi connectivity index (χ0n) is 20.5. The summed E-state index contributed by atoms with van der Waals surface area (Å²) in [5.41, 5.74) is 2.14. The molecular formula is C28H27Cl2N3O4. The lowest BCUT2D eigenvalue weighted by Gasteiger charge is -2.23. The van der Waals surface area contributed by atoms with Gasteiger partial charge in [-0.05, 0) is 49.1 Å². The maximum absolute atomic E-state index is 12.5. The minimum Gasteiger partial charge on any atom is -0.494 e. The number of aromatic nitrogens is 2. The van der Waals surface area contributed by atoms with Crippen molar-refractivity contribution in [2.45, 2.75) is 32.2 Å². The molecule has 2 aromatic heterocycles. The fourth-order valence-corrected chi connectivity index (χ4v) is 5.08. The normalized spacial score (nSPS) is 13.9. The second-order valence-electron chi connectivity index (χ2n) is 9.04. The first kappa shape index (κ1) is 25.2. The number of nitrogens with one attached hydrogen (secondary N) is 1. The van der Waals surface area contributed by atoms with Gasteiger partial charge in [0, 0.05) is 36.3 Å². The topological polar surface area (TPSA) is 85.6 Å². The van der Waals surface area contributed by atoms with Crippen LogP contribution < -0.4 is 14.8 Å².